The summed E-state index contributed by atoms with van der Waals surface area (Å²) in [6.07, 6.45) is 3.33. The van der Waals surface area contributed by atoms with Crippen LogP contribution in [0.1, 0.15) is 51.0 Å². The molecule has 2 rings (SSSR count). The second-order valence-electron chi connectivity index (χ2n) is 6.23. The van der Waals surface area contributed by atoms with Crippen molar-refractivity contribution in [2.24, 2.45) is 11.3 Å². The lowest BCUT2D eigenvalue weighted by molar-refractivity contribution is -0.150. The van der Waals surface area contributed by atoms with Gasteiger partial charge in [-0.15, -0.1) is 0 Å². The summed E-state index contributed by atoms with van der Waals surface area (Å²) in [6, 6.07) is 9.62. The molecule has 0 unspecified atom stereocenters. The van der Waals surface area contributed by atoms with Crippen molar-refractivity contribution in [3.8, 4) is 0 Å². The lowest BCUT2D eigenvalue weighted by Crippen LogP contribution is -2.39. The summed E-state index contributed by atoms with van der Waals surface area (Å²) in [5.41, 5.74) is 0.0131. The molecule has 0 spiro atoms. The first-order chi connectivity index (χ1) is 9.44. The van der Waals surface area contributed by atoms with E-state index in [1.807, 2.05) is 30.3 Å². The molecule has 3 nitrogen and oxygen atoms in total. The molecular formula is C17H22O3. The highest BCUT2D eigenvalue weighted by molar-refractivity contribution is 5.85. The van der Waals surface area contributed by atoms with E-state index in [0.29, 0.717) is 6.42 Å². The molecule has 108 valence electrons. The van der Waals surface area contributed by atoms with Gasteiger partial charge in [0.25, 0.3) is 0 Å². The molecule has 1 aromatic carbocycles. The van der Waals surface area contributed by atoms with E-state index in [2.05, 4.69) is 0 Å². The Morgan fingerprint density at radius 2 is 1.90 bits per heavy atom. The first-order valence-electron chi connectivity index (χ1n) is 7.25. The highest BCUT2D eigenvalue weighted by atomic mass is 16.4. The second-order valence-corrected chi connectivity index (χ2v) is 6.23. The molecule has 1 fully saturated rings. The van der Waals surface area contributed by atoms with Gasteiger partial charge in [-0.25, -0.2) is 0 Å². The monoisotopic (exact) mass is 274 g/mol. The normalized spacial score (nSPS) is 21.5. The van der Waals surface area contributed by atoms with Crippen LogP contribution in [0.25, 0.3) is 0 Å². The SMILES string of the molecule is CC(C)(C(=O)O)[C@@H](c1ccccc1)[C@@H]1CCCCC1=O. The zero-order valence-corrected chi connectivity index (χ0v) is 12.1. The lowest BCUT2D eigenvalue weighted by atomic mass is 9.64. The van der Waals surface area contributed by atoms with E-state index >= 15 is 0 Å². The van der Waals surface area contributed by atoms with Crippen molar-refractivity contribution in [1.29, 1.82) is 0 Å². The summed E-state index contributed by atoms with van der Waals surface area (Å²) in [6.45, 7) is 3.46. The summed E-state index contributed by atoms with van der Waals surface area (Å²) < 4.78 is 0. The van der Waals surface area contributed by atoms with Crippen molar-refractivity contribution in [2.75, 3.05) is 0 Å². The van der Waals surface area contributed by atoms with E-state index in [-0.39, 0.29) is 17.6 Å². The Balaban J connectivity index is 2.44. The molecule has 1 N–H and O–H groups in total. The van der Waals surface area contributed by atoms with Crippen LogP contribution in [0, 0.1) is 11.3 Å². The fourth-order valence-corrected chi connectivity index (χ4v) is 3.31. The number of carbonyl (C=O) groups is 2. The minimum absolute atomic E-state index is 0.169. The van der Waals surface area contributed by atoms with Crippen LogP contribution in [0.3, 0.4) is 0 Å². The first kappa shape index (κ1) is 14.8. The van der Waals surface area contributed by atoms with Gasteiger partial charge < -0.3 is 5.11 Å². The van der Waals surface area contributed by atoms with Gasteiger partial charge in [0.05, 0.1) is 5.41 Å². The number of ketones is 1. The van der Waals surface area contributed by atoms with Gasteiger partial charge in [-0.05, 0) is 32.3 Å². The third-order valence-corrected chi connectivity index (χ3v) is 4.49. The minimum atomic E-state index is -0.945. The highest BCUT2D eigenvalue weighted by Gasteiger charge is 2.45. The van der Waals surface area contributed by atoms with Gasteiger partial charge in [-0.1, -0.05) is 36.8 Å². The van der Waals surface area contributed by atoms with E-state index in [0.717, 1.165) is 24.8 Å². The van der Waals surface area contributed by atoms with Gasteiger partial charge in [0.15, 0.2) is 0 Å². The van der Waals surface area contributed by atoms with Crippen molar-refractivity contribution in [3.63, 3.8) is 0 Å². The Hall–Kier alpha value is -1.64. The molecule has 20 heavy (non-hydrogen) atoms. The Labute approximate surface area is 120 Å². The second kappa shape index (κ2) is 5.78. The molecule has 0 heterocycles. The zero-order valence-electron chi connectivity index (χ0n) is 12.1. The third-order valence-electron chi connectivity index (χ3n) is 4.49. The number of hydrogen-bond acceptors (Lipinski definition) is 2. The predicted octanol–water partition coefficient (Wildman–Crippen LogP) is 3.64. The molecule has 0 amide bonds. The Kier molecular flexibility index (Phi) is 4.26. The molecule has 1 saturated carbocycles. The molecule has 1 aliphatic carbocycles. The largest absolute Gasteiger partial charge is 0.481 e. The number of carbonyl (C=O) groups excluding carboxylic acids is 1. The van der Waals surface area contributed by atoms with Crippen LogP contribution in [0.4, 0.5) is 0 Å². The average molecular weight is 274 g/mol. The van der Waals surface area contributed by atoms with Crippen LogP contribution in [-0.4, -0.2) is 16.9 Å². The summed E-state index contributed by atoms with van der Waals surface area (Å²) in [4.78, 5) is 24.0. The summed E-state index contributed by atoms with van der Waals surface area (Å²) in [5.74, 6) is -1.05. The molecule has 0 radical (unpaired) electrons. The van der Waals surface area contributed by atoms with Crippen LogP contribution in [-0.2, 0) is 9.59 Å². The maximum atomic E-state index is 12.3. The Bertz CT molecular complexity index is 490. The van der Waals surface area contributed by atoms with Gasteiger partial charge in [0.1, 0.15) is 5.78 Å². The van der Waals surface area contributed by atoms with Crippen molar-refractivity contribution >= 4 is 11.8 Å². The fourth-order valence-electron chi connectivity index (χ4n) is 3.31. The quantitative estimate of drug-likeness (QED) is 0.912. The molecule has 1 aromatic rings. The van der Waals surface area contributed by atoms with Gasteiger partial charge in [0, 0.05) is 18.3 Å². The first-order valence-corrected chi connectivity index (χ1v) is 7.25. The topological polar surface area (TPSA) is 54.4 Å². The Morgan fingerprint density at radius 3 is 2.45 bits per heavy atom. The van der Waals surface area contributed by atoms with E-state index < -0.39 is 11.4 Å². The molecule has 3 heteroatoms. The maximum Gasteiger partial charge on any atom is 0.309 e. The number of carboxylic acids is 1. The van der Waals surface area contributed by atoms with Gasteiger partial charge in [-0.2, -0.15) is 0 Å². The van der Waals surface area contributed by atoms with E-state index in [1.165, 1.54) is 0 Å². The van der Waals surface area contributed by atoms with Gasteiger partial charge in [0.2, 0.25) is 0 Å². The number of aliphatic carboxylic acids is 1. The van der Waals surface area contributed by atoms with Gasteiger partial charge in [-0.3, -0.25) is 9.59 Å². The van der Waals surface area contributed by atoms with Gasteiger partial charge >= 0.3 is 5.97 Å². The van der Waals surface area contributed by atoms with Crippen LogP contribution >= 0.6 is 0 Å². The van der Waals surface area contributed by atoms with Crippen LogP contribution in [0.2, 0.25) is 0 Å². The molecule has 0 aromatic heterocycles. The average Bonchev–Trinajstić information content (AvgIpc) is 2.42. The summed E-state index contributed by atoms with van der Waals surface area (Å²) in [5, 5.41) is 9.58. The predicted molar refractivity (Wildman–Crippen MR) is 77.6 cm³/mol. The minimum Gasteiger partial charge on any atom is -0.481 e. The van der Waals surface area contributed by atoms with E-state index in [1.54, 1.807) is 13.8 Å². The summed E-state index contributed by atoms with van der Waals surface area (Å²) in [7, 11) is 0. The zero-order chi connectivity index (χ0) is 14.8. The number of hydrogen-bond donors (Lipinski definition) is 1. The Morgan fingerprint density at radius 1 is 1.25 bits per heavy atom. The molecule has 1 aliphatic rings. The number of rotatable bonds is 4. The van der Waals surface area contributed by atoms with Crippen molar-refractivity contribution in [1.82, 2.24) is 0 Å². The molecule has 0 bridgehead atoms. The van der Waals surface area contributed by atoms with E-state index in [4.69, 9.17) is 0 Å². The molecule has 0 aliphatic heterocycles. The van der Waals surface area contributed by atoms with Crippen molar-refractivity contribution < 1.29 is 14.7 Å². The number of benzene rings is 1. The molecule has 0 saturated heterocycles. The highest BCUT2D eigenvalue weighted by Crippen LogP contribution is 2.45. The number of carboxylic acid groups (broad SMARTS) is 1. The summed E-state index contributed by atoms with van der Waals surface area (Å²) >= 11 is 0. The molecule has 2 atom stereocenters. The van der Waals surface area contributed by atoms with Crippen LogP contribution in [0.5, 0.6) is 0 Å². The van der Waals surface area contributed by atoms with Crippen LogP contribution in [0.15, 0.2) is 30.3 Å². The maximum absolute atomic E-state index is 12.3. The smallest absolute Gasteiger partial charge is 0.309 e. The van der Waals surface area contributed by atoms with Crippen molar-refractivity contribution in [2.45, 2.75) is 45.4 Å². The third kappa shape index (κ3) is 2.77. The number of Topliss-reactive ketones (excluding diaryl/α,β-unsaturated/α-hetero) is 1. The molecular weight excluding hydrogens is 252 g/mol. The fraction of sp³-hybridized carbons (Fsp3) is 0.529. The standard InChI is InChI=1S/C17H22O3/c1-17(2,16(19)20)15(12-8-4-3-5-9-12)13-10-6-7-11-14(13)18/h3-5,8-9,13,15H,6-7,10-11H2,1-2H3,(H,19,20)/t13-,15+/m1/s1. The van der Waals surface area contributed by atoms with E-state index in [9.17, 15) is 14.7 Å². The van der Waals surface area contributed by atoms with Crippen molar-refractivity contribution in [3.05, 3.63) is 35.9 Å². The lowest BCUT2D eigenvalue weighted by Gasteiger charge is -2.38. The van der Waals surface area contributed by atoms with Crippen LogP contribution < -0.4 is 0 Å².